The molecule has 0 aliphatic rings. The lowest BCUT2D eigenvalue weighted by molar-refractivity contribution is -0.384. The molecule has 178 valence electrons. The fourth-order valence-corrected chi connectivity index (χ4v) is 5.44. The summed E-state index contributed by atoms with van der Waals surface area (Å²) in [6, 6.07) is 19.8. The Hall–Kier alpha value is -4.41. The van der Waals surface area contributed by atoms with Gasteiger partial charge in [0.15, 0.2) is 0 Å². The number of carbonyl (C=O) groups is 1. The lowest BCUT2D eigenvalue weighted by Crippen LogP contribution is -2.17. The maximum atomic E-state index is 13.0. The highest BCUT2D eigenvalue weighted by Gasteiger charge is 2.22. The van der Waals surface area contributed by atoms with Crippen LogP contribution >= 0.6 is 22.7 Å². The number of thiophene rings is 2. The van der Waals surface area contributed by atoms with Gasteiger partial charge in [-0.3, -0.25) is 14.9 Å². The molecule has 10 heteroatoms. The molecular formula is C26H19N5O3S2. The highest BCUT2D eigenvalue weighted by molar-refractivity contribution is 7.21. The lowest BCUT2D eigenvalue weighted by Gasteiger charge is -2.07. The summed E-state index contributed by atoms with van der Waals surface area (Å²) in [4.78, 5) is 30.2. The smallest absolute Gasteiger partial charge is 0.283 e. The van der Waals surface area contributed by atoms with Gasteiger partial charge >= 0.3 is 0 Å². The minimum atomic E-state index is -0.441. The highest BCUT2D eigenvalue weighted by atomic mass is 32.1. The van der Waals surface area contributed by atoms with Crippen LogP contribution < -0.4 is 11.2 Å². The molecule has 0 fully saturated rings. The summed E-state index contributed by atoms with van der Waals surface area (Å²) in [6.07, 6.45) is 1.57. The number of hydrazone groups is 1. The number of nitrogens with two attached hydrogens (primary N) is 1. The van der Waals surface area contributed by atoms with Crippen LogP contribution in [0.5, 0.6) is 0 Å². The maximum Gasteiger partial charge on any atom is 0.283 e. The van der Waals surface area contributed by atoms with E-state index in [-0.39, 0.29) is 5.69 Å². The van der Waals surface area contributed by atoms with Gasteiger partial charge in [-0.2, -0.15) is 5.10 Å². The van der Waals surface area contributed by atoms with E-state index in [1.165, 1.54) is 23.5 Å². The number of nitrogen functional groups attached to an aromatic ring is 1. The number of aromatic nitrogens is 1. The highest BCUT2D eigenvalue weighted by Crippen LogP contribution is 2.42. The Morgan fingerprint density at radius 3 is 2.56 bits per heavy atom. The number of nitro benzene ring substituents is 1. The van der Waals surface area contributed by atoms with Crippen molar-refractivity contribution in [1.82, 2.24) is 10.4 Å². The first-order valence-corrected chi connectivity index (χ1v) is 12.5. The third-order valence-electron chi connectivity index (χ3n) is 5.52. The zero-order chi connectivity index (χ0) is 25.2. The SMILES string of the molecule is Cc1ccc(/C=N/NC(=O)c2sc3nc(-c4ccc([N+](=O)[O-])cc4)cc(-c4cccs4)c3c2N)cc1. The molecule has 5 aromatic rings. The predicted octanol–water partition coefficient (Wildman–Crippen LogP) is 6.25. The quantitative estimate of drug-likeness (QED) is 0.158. The van der Waals surface area contributed by atoms with Gasteiger partial charge in [0.1, 0.15) is 9.71 Å². The molecule has 0 unspecified atom stereocenters. The predicted molar refractivity (Wildman–Crippen MR) is 146 cm³/mol. The molecule has 1 amide bonds. The van der Waals surface area contributed by atoms with E-state index in [1.807, 2.05) is 54.8 Å². The molecule has 0 atom stereocenters. The molecule has 0 aliphatic heterocycles. The minimum Gasteiger partial charge on any atom is -0.397 e. The summed E-state index contributed by atoms with van der Waals surface area (Å²) >= 11 is 2.73. The van der Waals surface area contributed by atoms with E-state index in [2.05, 4.69) is 10.5 Å². The molecule has 0 spiro atoms. The van der Waals surface area contributed by atoms with Crippen LogP contribution in [0.1, 0.15) is 20.8 Å². The molecule has 2 aromatic carbocycles. The van der Waals surface area contributed by atoms with Crippen LogP contribution in [0, 0.1) is 17.0 Å². The normalized spacial score (nSPS) is 11.2. The van der Waals surface area contributed by atoms with Crippen molar-refractivity contribution in [3.8, 4) is 21.7 Å². The van der Waals surface area contributed by atoms with E-state index in [0.29, 0.717) is 26.5 Å². The standard InChI is InChI=1S/C26H19N5O3S2/c1-15-4-6-16(7-5-15)14-28-30-25(32)24-23(27)22-19(21-3-2-12-35-21)13-20(29-26(22)36-24)17-8-10-18(11-9-17)31(33)34/h2-14H,27H2,1H3,(H,30,32)/b28-14+. The number of benzene rings is 2. The van der Waals surface area contributed by atoms with Crippen molar-refractivity contribution >= 4 is 56.4 Å². The van der Waals surface area contributed by atoms with Crippen molar-refractivity contribution < 1.29 is 9.72 Å². The zero-order valence-electron chi connectivity index (χ0n) is 19.0. The number of hydrogen-bond acceptors (Lipinski definition) is 8. The van der Waals surface area contributed by atoms with E-state index in [1.54, 1.807) is 29.7 Å². The number of pyridine rings is 1. The first-order chi connectivity index (χ1) is 17.4. The number of non-ortho nitro benzene ring substituents is 1. The summed E-state index contributed by atoms with van der Waals surface area (Å²) in [7, 11) is 0. The summed E-state index contributed by atoms with van der Waals surface area (Å²) in [5.74, 6) is -0.423. The number of amides is 1. The van der Waals surface area contributed by atoms with Crippen LogP contribution in [-0.2, 0) is 0 Å². The Labute approximate surface area is 213 Å². The van der Waals surface area contributed by atoms with E-state index < -0.39 is 10.8 Å². The van der Waals surface area contributed by atoms with Crippen molar-refractivity contribution in [3.05, 3.63) is 98.2 Å². The van der Waals surface area contributed by atoms with Gasteiger partial charge in [-0.25, -0.2) is 10.4 Å². The van der Waals surface area contributed by atoms with Crippen molar-refractivity contribution in [2.75, 3.05) is 5.73 Å². The van der Waals surface area contributed by atoms with Crippen LogP contribution in [0.4, 0.5) is 11.4 Å². The number of nitrogens with zero attached hydrogens (tertiary/aromatic N) is 3. The van der Waals surface area contributed by atoms with Gasteiger partial charge in [-0.1, -0.05) is 35.9 Å². The Morgan fingerprint density at radius 2 is 1.89 bits per heavy atom. The van der Waals surface area contributed by atoms with Crippen LogP contribution in [-0.4, -0.2) is 22.0 Å². The van der Waals surface area contributed by atoms with Crippen LogP contribution in [0.25, 0.3) is 31.9 Å². The molecule has 3 heterocycles. The molecule has 3 aromatic heterocycles. The Kier molecular flexibility index (Phi) is 6.28. The van der Waals surface area contributed by atoms with E-state index >= 15 is 0 Å². The average Bonchev–Trinajstić information content (AvgIpc) is 3.53. The van der Waals surface area contributed by atoms with Crippen molar-refractivity contribution in [3.63, 3.8) is 0 Å². The number of aryl methyl sites for hydroxylation is 1. The zero-order valence-corrected chi connectivity index (χ0v) is 20.6. The van der Waals surface area contributed by atoms with Crippen LogP contribution in [0.3, 0.4) is 0 Å². The van der Waals surface area contributed by atoms with E-state index in [4.69, 9.17) is 10.7 Å². The Balaban J connectivity index is 1.53. The number of carbonyl (C=O) groups excluding carboxylic acids is 1. The van der Waals surface area contributed by atoms with E-state index in [0.717, 1.165) is 27.1 Å². The van der Waals surface area contributed by atoms with Gasteiger partial charge in [0.05, 0.1) is 22.5 Å². The molecule has 5 rings (SSSR count). The van der Waals surface area contributed by atoms with Crippen molar-refractivity contribution in [1.29, 1.82) is 0 Å². The van der Waals surface area contributed by atoms with Crippen molar-refractivity contribution in [2.45, 2.75) is 6.92 Å². The maximum absolute atomic E-state index is 13.0. The van der Waals surface area contributed by atoms with E-state index in [9.17, 15) is 14.9 Å². The van der Waals surface area contributed by atoms with Crippen LogP contribution in [0.2, 0.25) is 0 Å². The third-order valence-corrected chi connectivity index (χ3v) is 7.52. The monoisotopic (exact) mass is 513 g/mol. The molecule has 8 nitrogen and oxygen atoms in total. The number of hydrogen-bond donors (Lipinski definition) is 2. The summed E-state index contributed by atoms with van der Waals surface area (Å²) < 4.78 is 0. The summed E-state index contributed by atoms with van der Waals surface area (Å²) in [5, 5.41) is 17.8. The van der Waals surface area contributed by atoms with Gasteiger partial charge in [-0.05, 0) is 42.1 Å². The Morgan fingerprint density at radius 1 is 1.14 bits per heavy atom. The first kappa shape index (κ1) is 23.3. The lowest BCUT2D eigenvalue weighted by atomic mass is 10.0. The Bertz CT molecular complexity index is 1610. The van der Waals surface area contributed by atoms with Gasteiger partial charge in [0.25, 0.3) is 11.6 Å². The number of nitrogens with one attached hydrogen (secondary N) is 1. The number of rotatable bonds is 6. The number of anilines is 1. The molecular weight excluding hydrogens is 494 g/mol. The second-order valence-electron chi connectivity index (χ2n) is 7.97. The molecule has 0 saturated heterocycles. The molecule has 0 bridgehead atoms. The van der Waals surface area contributed by atoms with Gasteiger partial charge in [0, 0.05) is 33.5 Å². The number of fused-ring (bicyclic) bond motifs is 1. The molecule has 3 N–H and O–H groups in total. The van der Waals surface area contributed by atoms with Crippen LogP contribution in [0.15, 0.2) is 77.2 Å². The topological polar surface area (TPSA) is 124 Å². The van der Waals surface area contributed by atoms with Gasteiger partial charge in [-0.15, -0.1) is 22.7 Å². The first-order valence-electron chi connectivity index (χ1n) is 10.8. The molecule has 0 radical (unpaired) electrons. The largest absolute Gasteiger partial charge is 0.397 e. The molecule has 0 aliphatic carbocycles. The molecule has 36 heavy (non-hydrogen) atoms. The second kappa shape index (κ2) is 9.68. The number of nitro groups is 1. The van der Waals surface area contributed by atoms with Gasteiger partial charge < -0.3 is 5.73 Å². The second-order valence-corrected chi connectivity index (χ2v) is 9.92. The summed E-state index contributed by atoms with van der Waals surface area (Å²) in [5.41, 5.74) is 13.6. The third kappa shape index (κ3) is 4.59. The van der Waals surface area contributed by atoms with Gasteiger partial charge in [0.2, 0.25) is 0 Å². The minimum absolute atomic E-state index is 0.00354. The summed E-state index contributed by atoms with van der Waals surface area (Å²) in [6.45, 7) is 2.00. The fourth-order valence-electron chi connectivity index (χ4n) is 3.69. The average molecular weight is 514 g/mol. The fraction of sp³-hybridized carbons (Fsp3) is 0.0385. The van der Waals surface area contributed by atoms with Crippen molar-refractivity contribution in [2.24, 2.45) is 5.10 Å². The molecule has 0 saturated carbocycles.